The highest BCUT2D eigenvalue weighted by Gasteiger charge is 2.43. The number of methoxy groups -OCH3 is 1. The first-order valence-corrected chi connectivity index (χ1v) is 6.26. The second-order valence-corrected chi connectivity index (χ2v) is 5.30. The first-order valence-electron chi connectivity index (χ1n) is 5.47. The molecule has 1 aromatic carbocycles. The van der Waals surface area contributed by atoms with Crippen molar-refractivity contribution in [3.05, 3.63) is 21.7 Å². The van der Waals surface area contributed by atoms with Crippen LogP contribution in [0.1, 0.15) is 24.0 Å². The van der Waals surface area contributed by atoms with Crippen molar-refractivity contribution in [2.75, 3.05) is 13.7 Å². The lowest BCUT2D eigenvalue weighted by molar-refractivity contribution is 0.325. The Labute approximate surface area is 103 Å². The maximum Gasteiger partial charge on any atom is 0.165 e. The number of rotatable bonds is 2. The maximum atomic E-state index is 6.26. The van der Waals surface area contributed by atoms with Crippen LogP contribution in [0.5, 0.6) is 11.5 Å². The maximum absolute atomic E-state index is 6.26. The molecule has 0 unspecified atom stereocenters. The Kier molecular flexibility index (Phi) is 2.20. The smallest absolute Gasteiger partial charge is 0.165 e. The summed E-state index contributed by atoms with van der Waals surface area (Å²) in [6, 6.07) is 2.02. The standard InChI is InChI=1S/C12H14BrNO2/c1-15-9-6-8(12(14)3-4-12)10(13)7-2-5-16-11(7)9/h6H,2-5,14H2,1H3. The summed E-state index contributed by atoms with van der Waals surface area (Å²) in [6.45, 7) is 0.727. The average molecular weight is 284 g/mol. The predicted molar refractivity (Wildman–Crippen MR) is 65.0 cm³/mol. The molecule has 0 spiro atoms. The van der Waals surface area contributed by atoms with E-state index in [1.54, 1.807) is 7.11 Å². The molecule has 1 aliphatic carbocycles. The number of benzene rings is 1. The SMILES string of the molecule is COc1cc(C2(N)CC2)c(Br)c2c1OCC2. The molecule has 1 aliphatic heterocycles. The van der Waals surface area contributed by atoms with E-state index >= 15 is 0 Å². The van der Waals surface area contributed by atoms with Crippen molar-refractivity contribution < 1.29 is 9.47 Å². The molecule has 0 radical (unpaired) electrons. The van der Waals surface area contributed by atoms with Crippen molar-refractivity contribution in [1.82, 2.24) is 0 Å². The van der Waals surface area contributed by atoms with Crippen LogP contribution in [-0.2, 0) is 12.0 Å². The van der Waals surface area contributed by atoms with E-state index in [0.29, 0.717) is 0 Å². The lowest BCUT2D eigenvalue weighted by atomic mass is 10.0. The van der Waals surface area contributed by atoms with Crippen LogP contribution in [0.2, 0.25) is 0 Å². The average Bonchev–Trinajstić information content (AvgIpc) is 2.82. The van der Waals surface area contributed by atoms with Crippen LogP contribution in [0.25, 0.3) is 0 Å². The molecule has 1 aromatic rings. The molecule has 16 heavy (non-hydrogen) atoms. The molecule has 1 heterocycles. The molecule has 0 bridgehead atoms. The quantitative estimate of drug-likeness (QED) is 0.906. The van der Waals surface area contributed by atoms with Crippen molar-refractivity contribution in [3.8, 4) is 11.5 Å². The zero-order valence-corrected chi connectivity index (χ0v) is 10.8. The Morgan fingerprint density at radius 3 is 2.88 bits per heavy atom. The van der Waals surface area contributed by atoms with Crippen molar-refractivity contribution in [1.29, 1.82) is 0 Å². The third-order valence-corrected chi connectivity index (χ3v) is 4.32. The van der Waals surface area contributed by atoms with E-state index in [-0.39, 0.29) is 5.54 Å². The molecule has 1 saturated carbocycles. The van der Waals surface area contributed by atoms with Gasteiger partial charge in [0.15, 0.2) is 11.5 Å². The van der Waals surface area contributed by atoms with Crippen LogP contribution in [0.4, 0.5) is 0 Å². The zero-order chi connectivity index (χ0) is 11.3. The predicted octanol–water partition coefficient (Wildman–Crippen LogP) is 2.34. The topological polar surface area (TPSA) is 44.5 Å². The molecule has 2 N–H and O–H groups in total. The van der Waals surface area contributed by atoms with E-state index in [2.05, 4.69) is 15.9 Å². The molecule has 2 aliphatic rings. The molecule has 0 atom stereocenters. The highest BCUT2D eigenvalue weighted by Crippen LogP contribution is 2.51. The number of ether oxygens (including phenoxy) is 2. The molecular formula is C12H14BrNO2. The summed E-state index contributed by atoms with van der Waals surface area (Å²) in [6.07, 6.45) is 3.03. The van der Waals surface area contributed by atoms with Gasteiger partial charge in [-0.3, -0.25) is 0 Å². The molecule has 3 rings (SSSR count). The van der Waals surface area contributed by atoms with E-state index in [9.17, 15) is 0 Å². The molecule has 1 fully saturated rings. The van der Waals surface area contributed by atoms with Gasteiger partial charge in [-0.25, -0.2) is 0 Å². The van der Waals surface area contributed by atoms with Crippen LogP contribution < -0.4 is 15.2 Å². The molecule has 86 valence electrons. The van der Waals surface area contributed by atoms with Crippen molar-refractivity contribution in [2.24, 2.45) is 5.73 Å². The summed E-state index contributed by atoms with van der Waals surface area (Å²) < 4.78 is 12.1. The van der Waals surface area contributed by atoms with Gasteiger partial charge in [0, 0.05) is 22.0 Å². The highest BCUT2D eigenvalue weighted by molar-refractivity contribution is 9.10. The van der Waals surface area contributed by atoms with Gasteiger partial charge in [0.1, 0.15) is 0 Å². The third-order valence-electron chi connectivity index (χ3n) is 3.42. The van der Waals surface area contributed by atoms with Crippen LogP contribution in [0, 0.1) is 0 Å². The molecule has 0 amide bonds. The Balaban J connectivity index is 2.20. The van der Waals surface area contributed by atoms with Gasteiger partial charge < -0.3 is 15.2 Å². The third kappa shape index (κ3) is 1.36. The zero-order valence-electron chi connectivity index (χ0n) is 9.18. The summed E-state index contributed by atoms with van der Waals surface area (Å²) in [5, 5.41) is 0. The summed E-state index contributed by atoms with van der Waals surface area (Å²) in [7, 11) is 1.67. The van der Waals surface area contributed by atoms with E-state index in [4.69, 9.17) is 15.2 Å². The number of fused-ring (bicyclic) bond motifs is 1. The van der Waals surface area contributed by atoms with Gasteiger partial charge >= 0.3 is 0 Å². The fourth-order valence-corrected chi connectivity index (χ4v) is 3.11. The van der Waals surface area contributed by atoms with E-state index in [0.717, 1.165) is 47.4 Å². The van der Waals surface area contributed by atoms with Gasteiger partial charge in [-0.15, -0.1) is 0 Å². The number of hydrogen-bond acceptors (Lipinski definition) is 3. The second kappa shape index (κ2) is 3.37. The minimum atomic E-state index is -0.149. The fourth-order valence-electron chi connectivity index (χ4n) is 2.23. The summed E-state index contributed by atoms with van der Waals surface area (Å²) in [4.78, 5) is 0. The van der Waals surface area contributed by atoms with Gasteiger partial charge in [0.25, 0.3) is 0 Å². The minimum absolute atomic E-state index is 0.149. The molecule has 0 aromatic heterocycles. The Bertz CT molecular complexity index is 455. The van der Waals surface area contributed by atoms with E-state index < -0.39 is 0 Å². The summed E-state index contributed by atoms with van der Waals surface area (Å²) in [5.74, 6) is 1.68. The van der Waals surface area contributed by atoms with Crippen LogP contribution in [0.15, 0.2) is 10.5 Å². The Morgan fingerprint density at radius 2 is 2.25 bits per heavy atom. The van der Waals surface area contributed by atoms with Gasteiger partial charge in [0.2, 0.25) is 0 Å². The second-order valence-electron chi connectivity index (χ2n) is 4.50. The van der Waals surface area contributed by atoms with Gasteiger partial charge in [0.05, 0.1) is 13.7 Å². The van der Waals surface area contributed by atoms with Crippen molar-refractivity contribution in [2.45, 2.75) is 24.8 Å². The largest absolute Gasteiger partial charge is 0.493 e. The normalized spacial score (nSPS) is 20.2. The molecule has 0 saturated heterocycles. The minimum Gasteiger partial charge on any atom is -0.493 e. The van der Waals surface area contributed by atoms with Gasteiger partial charge in [-0.2, -0.15) is 0 Å². The molecule has 3 nitrogen and oxygen atoms in total. The van der Waals surface area contributed by atoms with Crippen LogP contribution in [-0.4, -0.2) is 13.7 Å². The van der Waals surface area contributed by atoms with Gasteiger partial charge in [-0.1, -0.05) is 15.9 Å². The van der Waals surface area contributed by atoms with Crippen molar-refractivity contribution >= 4 is 15.9 Å². The monoisotopic (exact) mass is 283 g/mol. The number of nitrogens with two attached hydrogens (primary N) is 1. The van der Waals surface area contributed by atoms with Gasteiger partial charge in [-0.05, 0) is 24.5 Å². The Morgan fingerprint density at radius 1 is 1.50 bits per heavy atom. The van der Waals surface area contributed by atoms with Crippen LogP contribution in [0.3, 0.4) is 0 Å². The summed E-state index contributed by atoms with van der Waals surface area (Å²) >= 11 is 3.66. The molecular weight excluding hydrogens is 270 g/mol. The fraction of sp³-hybridized carbons (Fsp3) is 0.500. The van der Waals surface area contributed by atoms with E-state index in [1.807, 2.05) is 6.07 Å². The van der Waals surface area contributed by atoms with Crippen molar-refractivity contribution in [3.63, 3.8) is 0 Å². The number of hydrogen-bond donors (Lipinski definition) is 1. The number of halogens is 1. The lowest BCUT2D eigenvalue weighted by Gasteiger charge is -2.16. The first kappa shape index (κ1) is 10.4. The highest BCUT2D eigenvalue weighted by atomic mass is 79.9. The van der Waals surface area contributed by atoms with Crippen LogP contribution >= 0.6 is 15.9 Å². The first-order chi connectivity index (χ1) is 7.65. The molecule has 4 heteroatoms. The lowest BCUT2D eigenvalue weighted by Crippen LogP contribution is -2.19. The summed E-state index contributed by atoms with van der Waals surface area (Å²) in [5.41, 5.74) is 8.47. The van der Waals surface area contributed by atoms with E-state index in [1.165, 1.54) is 5.56 Å². The Hall–Kier alpha value is -0.740.